The van der Waals surface area contributed by atoms with Gasteiger partial charge in [0.25, 0.3) is 0 Å². The molecule has 0 aliphatic carbocycles. The lowest BCUT2D eigenvalue weighted by atomic mass is 10.1. The molecular formula is C13H16ClNO3. The largest absolute Gasteiger partial charge is 0.481 e. The molecule has 2 N–H and O–H groups in total. The Labute approximate surface area is 111 Å². The number of carboxylic acid groups (broad SMARTS) is 1. The number of carboxylic acids is 1. The van der Waals surface area contributed by atoms with Crippen LogP contribution in [-0.2, 0) is 16.0 Å². The first-order valence-electron chi connectivity index (χ1n) is 5.64. The minimum Gasteiger partial charge on any atom is -0.481 e. The van der Waals surface area contributed by atoms with Gasteiger partial charge in [0.2, 0.25) is 5.91 Å². The van der Waals surface area contributed by atoms with Crippen LogP contribution in [0.2, 0.25) is 5.02 Å². The molecule has 0 aromatic heterocycles. The molecule has 0 fully saturated rings. The fourth-order valence-corrected chi connectivity index (χ4v) is 1.69. The first kappa shape index (κ1) is 14.5. The Bertz CT molecular complexity index is 460. The van der Waals surface area contributed by atoms with Crippen LogP contribution in [-0.4, -0.2) is 23.5 Å². The Morgan fingerprint density at radius 2 is 2.11 bits per heavy atom. The molecule has 0 heterocycles. The number of hydrogen-bond donors (Lipinski definition) is 2. The summed E-state index contributed by atoms with van der Waals surface area (Å²) in [4.78, 5) is 22.2. The lowest BCUT2D eigenvalue weighted by Crippen LogP contribution is -2.32. The summed E-state index contributed by atoms with van der Waals surface area (Å²) in [6.45, 7) is 3.59. The molecule has 5 heteroatoms. The molecule has 0 radical (unpaired) electrons. The zero-order chi connectivity index (χ0) is 13.7. The highest BCUT2D eigenvalue weighted by atomic mass is 35.5. The van der Waals surface area contributed by atoms with Gasteiger partial charge in [-0.2, -0.15) is 0 Å². The summed E-state index contributed by atoms with van der Waals surface area (Å²) in [5.41, 5.74) is 1.77. The van der Waals surface area contributed by atoms with E-state index in [-0.39, 0.29) is 18.9 Å². The normalized spacial score (nSPS) is 11.9. The third kappa shape index (κ3) is 4.37. The Hall–Kier alpha value is -1.55. The van der Waals surface area contributed by atoms with Crippen molar-refractivity contribution in [2.45, 2.75) is 20.3 Å². The van der Waals surface area contributed by atoms with Crippen LogP contribution in [0, 0.1) is 12.8 Å². The van der Waals surface area contributed by atoms with Crippen molar-refractivity contribution in [3.63, 3.8) is 0 Å². The van der Waals surface area contributed by atoms with Gasteiger partial charge in [-0.25, -0.2) is 0 Å². The molecule has 0 aliphatic heterocycles. The smallest absolute Gasteiger partial charge is 0.308 e. The molecule has 1 aromatic rings. The van der Waals surface area contributed by atoms with Gasteiger partial charge in [-0.1, -0.05) is 30.7 Å². The molecule has 1 aromatic carbocycles. The molecule has 0 saturated heterocycles. The zero-order valence-corrected chi connectivity index (χ0v) is 11.1. The lowest BCUT2D eigenvalue weighted by Gasteiger charge is -2.09. The summed E-state index contributed by atoms with van der Waals surface area (Å²) < 4.78 is 0. The highest BCUT2D eigenvalue weighted by Crippen LogP contribution is 2.17. The van der Waals surface area contributed by atoms with E-state index in [1.54, 1.807) is 19.1 Å². The van der Waals surface area contributed by atoms with E-state index in [1.165, 1.54) is 0 Å². The maximum absolute atomic E-state index is 11.6. The van der Waals surface area contributed by atoms with Crippen molar-refractivity contribution >= 4 is 23.5 Å². The van der Waals surface area contributed by atoms with Crippen LogP contribution in [0.25, 0.3) is 0 Å². The van der Waals surface area contributed by atoms with Gasteiger partial charge < -0.3 is 10.4 Å². The van der Waals surface area contributed by atoms with Gasteiger partial charge in [-0.15, -0.1) is 0 Å². The number of carbonyl (C=O) groups is 2. The molecule has 1 amide bonds. The van der Waals surface area contributed by atoms with Crippen LogP contribution < -0.4 is 5.32 Å². The third-order valence-electron chi connectivity index (χ3n) is 2.59. The van der Waals surface area contributed by atoms with Crippen molar-refractivity contribution in [1.29, 1.82) is 0 Å². The maximum atomic E-state index is 11.6. The van der Waals surface area contributed by atoms with Crippen molar-refractivity contribution in [2.24, 2.45) is 5.92 Å². The molecule has 4 nitrogen and oxygen atoms in total. The fourth-order valence-electron chi connectivity index (χ4n) is 1.39. The number of halogens is 1. The van der Waals surface area contributed by atoms with Crippen LogP contribution in [0.1, 0.15) is 18.1 Å². The number of nitrogens with one attached hydrogen (secondary N) is 1. The molecule has 18 heavy (non-hydrogen) atoms. The minimum absolute atomic E-state index is 0.123. The lowest BCUT2D eigenvalue weighted by molar-refractivity contribution is -0.141. The summed E-state index contributed by atoms with van der Waals surface area (Å²) in [5.74, 6) is -1.75. The third-order valence-corrected chi connectivity index (χ3v) is 2.94. The molecule has 0 saturated carbocycles. The van der Waals surface area contributed by atoms with Crippen molar-refractivity contribution in [1.82, 2.24) is 5.32 Å². The summed E-state index contributed by atoms with van der Waals surface area (Å²) in [7, 11) is 0. The number of aryl methyl sites for hydroxylation is 1. The monoisotopic (exact) mass is 269 g/mol. The molecule has 1 rings (SSSR count). The van der Waals surface area contributed by atoms with Crippen molar-refractivity contribution in [3.8, 4) is 0 Å². The highest BCUT2D eigenvalue weighted by molar-refractivity contribution is 6.31. The Morgan fingerprint density at radius 3 is 2.67 bits per heavy atom. The van der Waals surface area contributed by atoms with Gasteiger partial charge in [-0.3, -0.25) is 9.59 Å². The molecule has 0 aliphatic rings. The van der Waals surface area contributed by atoms with Crippen LogP contribution in [0.4, 0.5) is 0 Å². The number of carbonyl (C=O) groups excluding carboxylic acids is 1. The van der Waals surface area contributed by atoms with E-state index in [2.05, 4.69) is 5.32 Å². The maximum Gasteiger partial charge on any atom is 0.308 e. The van der Waals surface area contributed by atoms with E-state index < -0.39 is 11.9 Å². The number of hydrogen-bond acceptors (Lipinski definition) is 2. The first-order chi connectivity index (χ1) is 8.40. The molecule has 0 bridgehead atoms. The van der Waals surface area contributed by atoms with E-state index in [0.717, 1.165) is 11.1 Å². The van der Waals surface area contributed by atoms with Crippen LogP contribution in [0.3, 0.4) is 0 Å². The predicted molar refractivity (Wildman–Crippen MR) is 69.7 cm³/mol. The van der Waals surface area contributed by atoms with Crippen LogP contribution in [0.15, 0.2) is 18.2 Å². The predicted octanol–water partition coefficient (Wildman–Crippen LogP) is 2.03. The van der Waals surface area contributed by atoms with Gasteiger partial charge in [-0.05, 0) is 24.1 Å². The van der Waals surface area contributed by atoms with Crippen molar-refractivity contribution in [3.05, 3.63) is 34.3 Å². The van der Waals surface area contributed by atoms with E-state index in [0.29, 0.717) is 5.02 Å². The second kappa shape index (κ2) is 6.40. The molecule has 1 atom stereocenters. The van der Waals surface area contributed by atoms with E-state index in [9.17, 15) is 9.59 Å². The molecule has 98 valence electrons. The van der Waals surface area contributed by atoms with Gasteiger partial charge >= 0.3 is 5.97 Å². The number of rotatable bonds is 5. The summed E-state index contributed by atoms with van der Waals surface area (Å²) in [6.07, 6.45) is 0.158. The Kier molecular flexibility index (Phi) is 5.16. The first-order valence-corrected chi connectivity index (χ1v) is 6.02. The SMILES string of the molecule is Cc1ccc(CC(=O)NCC(C)C(=O)O)c(Cl)c1. The number of benzene rings is 1. The average molecular weight is 270 g/mol. The van der Waals surface area contributed by atoms with Gasteiger partial charge in [0.1, 0.15) is 0 Å². The summed E-state index contributed by atoms with van der Waals surface area (Å²) in [5, 5.41) is 11.8. The van der Waals surface area contributed by atoms with E-state index in [1.807, 2.05) is 13.0 Å². The standard InChI is InChI=1S/C13H16ClNO3/c1-8-3-4-10(11(14)5-8)6-12(16)15-7-9(2)13(17)18/h3-5,9H,6-7H2,1-2H3,(H,15,16)(H,17,18). The number of amides is 1. The quantitative estimate of drug-likeness (QED) is 0.859. The molecular weight excluding hydrogens is 254 g/mol. The Balaban J connectivity index is 2.52. The van der Waals surface area contributed by atoms with E-state index in [4.69, 9.17) is 16.7 Å². The van der Waals surface area contributed by atoms with Gasteiger partial charge in [0.15, 0.2) is 0 Å². The summed E-state index contributed by atoms with van der Waals surface area (Å²) in [6, 6.07) is 5.48. The van der Waals surface area contributed by atoms with Gasteiger partial charge in [0.05, 0.1) is 12.3 Å². The van der Waals surface area contributed by atoms with Crippen LogP contribution >= 0.6 is 11.6 Å². The molecule has 0 spiro atoms. The molecule has 1 unspecified atom stereocenters. The highest BCUT2D eigenvalue weighted by Gasteiger charge is 2.13. The fraction of sp³-hybridized carbons (Fsp3) is 0.385. The van der Waals surface area contributed by atoms with Gasteiger partial charge in [0, 0.05) is 11.6 Å². The van der Waals surface area contributed by atoms with Crippen molar-refractivity contribution in [2.75, 3.05) is 6.54 Å². The Morgan fingerprint density at radius 1 is 1.44 bits per heavy atom. The van der Waals surface area contributed by atoms with Crippen molar-refractivity contribution < 1.29 is 14.7 Å². The summed E-state index contributed by atoms with van der Waals surface area (Å²) >= 11 is 6.01. The number of aliphatic carboxylic acids is 1. The van der Waals surface area contributed by atoms with E-state index >= 15 is 0 Å². The second-order valence-electron chi connectivity index (χ2n) is 4.32. The minimum atomic E-state index is -0.927. The average Bonchev–Trinajstić information content (AvgIpc) is 2.29. The topological polar surface area (TPSA) is 66.4 Å². The zero-order valence-electron chi connectivity index (χ0n) is 10.4. The second-order valence-corrected chi connectivity index (χ2v) is 4.72. The van der Waals surface area contributed by atoms with Crippen LogP contribution in [0.5, 0.6) is 0 Å².